The molecule has 9 nitrogen and oxygen atoms in total. The average molecular weight is 402 g/mol. The molecule has 0 aliphatic heterocycles. The van der Waals surface area contributed by atoms with Gasteiger partial charge >= 0.3 is 5.97 Å². The largest absolute Gasteiger partial charge is 0.497 e. The molecular formula is C19H15FN2O7. The highest BCUT2D eigenvalue weighted by Crippen LogP contribution is 2.29. The lowest BCUT2D eigenvalue weighted by atomic mass is 10.1. The van der Waals surface area contributed by atoms with Gasteiger partial charge in [-0.2, -0.15) is 0 Å². The van der Waals surface area contributed by atoms with Crippen LogP contribution in [0.15, 0.2) is 40.8 Å². The van der Waals surface area contributed by atoms with Gasteiger partial charge in [0.05, 0.1) is 18.1 Å². The Morgan fingerprint density at radius 3 is 2.69 bits per heavy atom. The Bertz CT molecular complexity index is 1120. The summed E-state index contributed by atoms with van der Waals surface area (Å²) in [6.45, 7) is 0.941. The maximum atomic E-state index is 13.2. The van der Waals surface area contributed by atoms with E-state index in [2.05, 4.69) is 5.32 Å². The van der Waals surface area contributed by atoms with E-state index in [4.69, 9.17) is 13.9 Å². The predicted octanol–water partition coefficient (Wildman–Crippen LogP) is 3.59. The maximum Gasteiger partial charge on any atom is 0.375 e. The van der Waals surface area contributed by atoms with Gasteiger partial charge in [0.2, 0.25) is 5.76 Å². The van der Waals surface area contributed by atoms with Crippen molar-refractivity contribution >= 4 is 34.2 Å². The van der Waals surface area contributed by atoms with Gasteiger partial charge in [-0.25, -0.2) is 9.18 Å². The third-order valence-electron chi connectivity index (χ3n) is 4.09. The third kappa shape index (κ3) is 4.15. The zero-order chi connectivity index (χ0) is 21.1. The summed E-state index contributed by atoms with van der Waals surface area (Å²) in [5.41, 5.74) is 0.122. The topological polar surface area (TPSA) is 121 Å². The zero-order valence-corrected chi connectivity index (χ0v) is 15.4. The molecule has 0 atom stereocenters. The molecule has 29 heavy (non-hydrogen) atoms. The SMILES string of the molecule is COc1ccc2oc(C(=O)OCC(=O)Nc3ccc(F)cc3[N+](=O)[O-])c(C)c2c1. The van der Waals surface area contributed by atoms with E-state index in [1.165, 1.54) is 7.11 Å². The molecular weight excluding hydrogens is 387 g/mol. The molecule has 0 aliphatic carbocycles. The molecule has 0 aliphatic rings. The van der Waals surface area contributed by atoms with Crippen molar-refractivity contribution < 1.29 is 32.8 Å². The minimum Gasteiger partial charge on any atom is -0.497 e. The van der Waals surface area contributed by atoms with Crippen LogP contribution in [0.2, 0.25) is 0 Å². The Morgan fingerprint density at radius 2 is 2.00 bits per heavy atom. The van der Waals surface area contributed by atoms with Gasteiger partial charge in [-0.1, -0.05) is 0 Å². The number of halogens is 1. The van der Waals surface area contributed by atoms with Crippen molar-refractivity contribution in [1.82, 2.24) is 0 Å². The number of ether oxygens (including phenoxy) is 2. The number of benzene rings is 2. The monoisotopic (exact) mass is 402 g/mol. The van der Waals surface area contributed by atoms with E-state index in [9.17, 15) is 24.1 Å². The smallest absolute Gasteiger partial charge is 0.375 e. The summed E-state index contributed by atoms with van der Waals surface area (Å²) < 4.78 is 28.7. The highest BCUT2D eigenvalue weighted by Gasteiger charge is 2.22. The molecule has 3 rings (SSSR count). The van der Waals surface area contributed by atoms with Gasteiger partial charge in [0, 0.05) is 10.9 Å². The highest BCUT2D eigenvalue weighted by atomic mass is 19.1. The summed E-state index contributed by atoms with van der Waals surface area (Å²) in [6.07, 6.45) is 0. The molecule has 0 saturated carbocycles. The Labute approximate surface area is 163 Å². The Kier molecular flexibility index (Phi) is 5.44. The summed E-state index contributed by atoms with van der Waals surface area (Å²) >= 11 is 0. The quantitative estimate of drug-likeness (QED) is 0.380. The van der Waals surface area contributed by atoms with Gasteiger partial charge in [-0.05, 0) is 37.3 Å². The molecule has 2 aromatic carbocycles. The number of carbonyl (C=O) groups is 2. The van der Waals surface area contributed by atoms with E-state index in [1.807, 2.05) is 0 Å². The van der Waals surface area contributed by atoms with Crippen molar-refractivity contribution in [1.29, 1.82) is 0 Å². The summed E-state index contributed by atoms with van der Waals surface area (Å²) in [5.74, 6) is -2.02. The Morgan fingerprint density at radius 1 is 1.24 bits per heavy atom. The van der Waals surface area contributed by atoms with Crippen LogP contribution in [0.1, 0.15) is 16.1 Å². The number of furan rings is 1. The second-order valence-electron chi connectivity index (χ2n) is 5.96. The van der Waals surface area contributed by atoms with Crippen LogP contribution in [-0.2, 0) is 9.53 Å². The molecule has 0 fully saturated rings. The Balaban J connectivity index is 1.70. The zero-order valence-electron chi connectivity index (χ0n) is 15.4. The Hall–Kier alpha value is -3.95. The molecule has 1 heterocycles. The summed E-state index contributed by atoms with van der Waals surface area (Å²) in [7, 11) is 1.51. The van der Waals surface area contributed by atoms with Gasteiger partial charge in [0.1, 0.15) is 22.8 Å². The normalized spacial score (nSPS) is 10.6. The molecule has 1 aromatic heterocycles. The van der Waals surface area contributed by atoms with Crippen LogP contribution in [-0.4, -0.2) is 30.5 Å². The van der Waals surface area contributed by atoms with Crippen LogP contribution in [0.5, 0.6) is 5.75 Å². The average Bonchev–Trinajstić information content (AvgIpc) is 3.03. The van der Waals surface area contributed by atoms with E-state index in [0.717, 1.165) is 12.1 Å². The van der Waals surface area contributed by atoms with Gasteiger partial charge in [-0.15, -0.1) is 0 Å². The molecule has 0 unspecified atom stereocenters. The van der Waals surface area contributed by atoms with Crippen LogP contribution in [0.25, 0.3) is 11.0 Å². The maximum absolute atomic E-state index is 13.2. The number of nitrogens with zero attached hydrogens (tertiary/aromatic N) is 1. The molecule has 0 bridgehead atoms. The van der Waals surface area contributed by atoms with Crippen molar-refractivity contribution in [2.45, 2.75) is 6.92 Å². The van der Waals surface area contributed by atoms with E-state index in [1.54, 1.807) is 25.1 Å². The molecule has 0 spiro atoms. The lowest BCUT2D eigenvalue weighted by molar-refractivity contribution is -0.384. The van der Waals surface area contributed by atoms with Crippen LogP contribution in [0.4, 0.5) is 15.8 Å². The summed E-state index contributed by atoms with van der Waals surface area (Å²) in [5, 5.41) is 13.8. The number of carbonyl (C=O) groups excluding carboxylic acids is 2. The number of nitro benzene ring substituents is 1. The first-order valence-corrected chi connectivity index (χ1v) is 8.28. The first kappa shape index (κ1) is 19.8. The molecule has 1 amide bonds. The number of hydrogen-bond acceptors (Lipinski definition) is 7. The first-order chi connectivity index (χ1) is 13.8. The van der Waals surface area contributed by atoms with E-state index in [0.29, 0.717) is 28.3 Å². The lowest BCUT2D eigenvalue weighted by Gasteiger charge is -2.06. The number of rotatable bonds is 6. The van der Waals surface area contributed by atoms with E-state index < -0.39 is 34.9 Å². The first-order valence-electron chi connectivity index (χ1n) is 8.28. The third-order valence-corrected chi connectivity index (χ3v) is 4.09. The molecule has 3 aromatic rings. The fourth-order valence-electron chi connectivity index (χ4n) is 2.67. The van der Waals surface area contributed by atoms with Crippen molar-refractivity contribution in [3.8, 4) is 5.75 Å². The van der Waals surface area contributed by atoms with Crippen LogP contribution in [0, 0.1) is 22.9 Å². The number of aryl methyl sites for hydroxylation is 1. The van der Waals surface area contributed by atoms with Crippen LogP contribution < -0.4 is 10.1 Å². The summed E-state index contributed by atoms with van der Waals surface area (Å²) in [4.78, 5) is 34.4. The van der Waals surface area contributed by atoms with Crippen molar-refractivity contribution in [2.24, 2.45) is 0 Å². The number of nitrogens with one attached hydrogen (secondary N) is 1. The lowest BCUT2D eigenvalue weighted by Crippen LogP contribution is -2.21. The minimum absolute atomic E-state index is 0.0752. The van der Waals surface area contributed by atoms with E-state index in [-0.39, 0.29) is 11.4 Å². The van der Waals surface area contributed by atoms with Gasteiger partial charge in [-0.3, -0.25) is 14.9 Å². The van der Waals surface area contributed by atoms with Gasteiger partial charge < -0.3 is 19.2 Å². The second kappa shape index (κ2) is 7.97. The van der Waals surface area contributed by atoms with E-state index >= 15 is 0 Å². The number of methoxy groups -OCH3 is 1. The van der Waals surface area contributed by atoms with Crippen LogP contribution in [0.3, 0.4) is 0 Å². The van der Waals surface area contributed by atoms with Crippen molar-refractivity contribution in [2.75, 3.05) is 19.0 Å². The van der Waals surface area contributed by atoms with Crippen molar-refractivity contribution in [3.05, 3.63) is 63.7 Å². The number of amides is 1. The van der Waals surface area contributed by atoms with Crippen LogP contribution >= 0.6 is 0 Å². The minimum atomic E-state index is -0.874. The van der Waals surface area contributed by atoms with Gasteiger partial charge in [0.15, 0.2) is 6.61 Å². The molecule has 0 radical (unpaired) electrons. The number of hydrogen-bond donors (Lipinski definition) is 1. The second-order valence-corrected chi connectivity index (χ2v) is 5.96. The molecule has 1 N–H and O–H groups in total. The number of anilines is 1. The predicted molar refractivity (Wildman–Crippen MR) is 99.5 cm³/mol. The molecule has 150 valence electrons. The number of fused-ring (bicyclic) bond motifs is 1. The molecule has 0 saturated heterocycles. The van der Waals surface area contributed by atoms with Crippen molar-refractivity contribution in [3.63, 3.8) is 0 Å². The fourth-order valence-corrected chi connectivity index (χ4v) is 2.67. The molecule has 10 heteroatoms. The van der Waals surface area contributed by atoms with Gasteiger partial charge in [0.25, 0.3) is 11.6 Å². The fraction of sp³-hybridized carbons (Fsp3) is 0.158. The summed E-state index contributed by atoms with van der Waals surface area (Å²) in [6, 6.07) is 7.69. The number of esters is 1. The standard InChI is InChI=1S/C19H15FN2O7/c1-10-13-8-12(27-2)4-6-16(13)29-18(10)19(24)28-9-17(23)21-14-5-3-11(20)7-15(14)22(25)26/h3-8H,9H2,1-2H3,(H,21,23). The number of nitro groups is 1. The highest BCUT2D eigenvalue weighted by molar-refractivity contribution is 5.99.